The van der Waals surface area contributed by atoms with Crippen molar-refractivity contribution in [3.05, 3.63) is 41.6 Å². The molecule has 1 aliphatic carbocycles. The Hall–Kier alpha value is -1.40. The fourth-order valence-electron chi connectivity index (χ4n) is 3.69. The van der Waals surface area contributed by atoms with Gasteiger partial charge in [0, 0.05) is 36.7 Å². The number of carbonyl (C=O) groups is 1. The average molecular weight is 426 g/mol. The van der Waals surface area contributed by atoms with Crippen molar-refractivity contribution in [3.8, 4) is 0 Å². The Morgan fingerprint density at radius 3 is 2.54 bits per heavy atom. The van der Waals surface area contributed by atoms with Crippen molar-refractivity contribution < 1.29 is 9.53 Å². The number of amides is 1. The summed E-state index contributed by atoms with van der Waals surface area (Å²) in [6, 6.07) is 10.0. The number of hydrogen-bond donors (Lipinski definition) is 1. The van der Waals surface area contributed by atoms with Crippen LogP contribution in [0.15, 0.2) is 30.3 Å². The van der Waals surface area contributed by atoms with Crippen LogP contribution in [-0.4, -0.2) is 48.1 Å². The first kappa shape index (κ1) is 22.9. The summed E-state index contributed by atoms with van der Waals surface area (Å²) in [6.07, 6.45) is 5.31. The third kappa shape index (κ3) is 5.15. The van der Waals surface area contributed by atoms with Gasteiger partial charge in [-0.2, -0.15) is 0 Å². The quantitative estimate of drug-likeness (QED) is 0.711. The number of aromatic nitrogens is 1. The zero-order valence-corrected chi connectivity index (χ0v) is 17.6. The van der Waals surface area contributed by atoms with Crippen LogP contribution in [0.3, 0.4) is 0 Å². The van der Waals surface area contributed by atoms with Gasteiger partial charge in [0.25, 0.3) is 5.91 Å². The van der Waals surface area contributed by atoms with E-state index in [4.69, 9.17) is 15.5 Å². The second-order valence-corrected chi connectivity index (χ2v) is 7.39. The van der Waals surface area contributed by atoms with Crippen molar-refractivity contribution in [3.63, 3.8) is 0 Å². The number of para-hydroxylation sites is 1. The van der Waals surface area contributed by atoms with Crippen LogP contribution in [0, 0.1) is 0 Å². The predicted molar refractivity (Wildman–Crippen MR) is 117 cm³/mol. The lowest BCUT2D eigenvalue weighted by atomic mass is 10.0. The van der Waals surface area contributed by atoms with Gasteiger partial charge in [-0.15, -0.1) is 24.8 Å². The predicted octanol–water partition coefficient (Wildman–Crippen LogP) is 3.93. The number of ether oxygens (including phenoxy) is 1. The number of rotatable bonds is 6. The summed E-state index contributed by atoms with van der Waals surface area (Å²) in [5.74, 6) is 0.666. The Labute approximate surface area is 178 Å². The number of nitrogens with zero attached hydrogens (tertiary/aromatic N) is 2. The van der Waals surface area contributed by atoms with Crippen molar-refractivity contribution in [2.24, 2.45) is 5.73 Å². The molecule has 1 aliphatic heterocycles. The smallest absolute Gasteiger partial charge is 0.254 e. The molecule has 2 fully saturated rings. The first-order valence-corrected chi connectivity index (χ1v) is 9.77. The van der Waals surface area contributed by atoms with E-state index >= 15 is 0 Å². The highest BCUT2D eigenvalue weighted by atomic mass is 35.5. The lowest BCUT2D eigenvalue weighted by molar-refractivity contribution is 0.00849. The summed E-state index contributed by atoms with van der Waals surface area (Å²) in [6.45, 7) is 2.88. The van der Waals surface area contributed by atoms with Gasteiger partial charge in [-0.25, -0.2) is 0 Å². The summed E-state index contributed by atoms with van der Waals surface area (Å²) in [5, 5.41) is 0.961. The van der Waals surface area contributed by atoms with Crippen LogP contribution in [0.25, 0.3) is 10.9 Å². The molecule has 1 aromatic carbocycles. The highest BCUT2D eigenvalue weighted by Gasteiger charge is 2.29. The molecule has 1 amide bonds. The molecule has 1 saturated heterocycles. The standard InChI is InChI=1S/C21H27N3O2.2ClH/c22-10-3-13-26-16-8-11-24(12-9-16)21(25)18-14-20(15-6-7-15)23-19-5-2-1-4-17(18)19;;/h1-2,4-5,14-16H,3,6-13,22H2;2*1H. The van der Waals surface area contributed by atoms with Gasteiger partial charge < -0.3 is 15.4 Å². The topological polar surface area (TPSA) is 68.5 Å². The molecule has 0 bridgehead atoms. The molecule has 4 rings (SSSR count). The molecule has 0 radical (unpaired) electrons. The average Bonchev–Trinajstić information content (AvgIpc) is 3.53. The molecule has 2 heterocycles. The second-order valence-electron chi connectivity index (χ2n) is 7.39. The van der Waals surface area contributed by atoms with E-state index in [-0.39, 0.29) is 36.8 Å². The Bertz CT molecular complexity index is 790. The number of pyridine rings is 1. The minimum absolute atomic E-state index is 0. The Morgan fingerprint density at radius 1 is 1.14 bits per heavy atom. The van der Waals surface area contributed by atoms with Crippen molar-refractivity contribution in [1.82, 2.24) is 9.88 Å². The Balaban J connectivity index is 0.00000140. The first-order valence-electron chi connectivity index (χ1n) is 9.77. The van der Waals surface area contributed by atoms with E-state index in [1.54, 1.807) is 0 Å². The summed E-state index contributed by atoms with van der Waals surface area (Å²) in [5.41, 5.74) is 8.33. The molecule has 28 heavy (non-hydrogen) atoms. The van der Waals surface area contributed by atoms with Gasteiger partial charge in [0.1, 0.15) is 0 Å². The summed E-state index contributed by atoms with van der Waals surface area (Å²) < 4.78 is 5.86. The Kier molecular flexibility index (Phi) is 8.50. The first-order chi connectivity index (χ1) is 12.8. The van der Waals surface area contributed by atoms with Gasteiger partial charge in [0.05, 0.1) is 17.2 Å². The molecular formula is C21H29Cl2N3O2. The van der Waals surface area contributed by atoms with Gasteiger partial charge >= 0.3 is 0 Å². The molecule has 2 aromatic rings. The zero-order valence-electron chi connectivity index (χ0n) is 16.0. The minimum Gasteiger partial charge on any atom is -0.378 e. The van der Waals surface area contributed by atoms with E-state index in [9.17, 15) is 4.79 Å². The highest BCUT2D eigenvalue weighted by Crippen LogP contribution is 2.40. The monoisotopic (exact) mass is 425 g/mol. The molecule has 2 N–H and O–H groups in total. The van der Waals surface area contributed by atoms with E-state index in [1.165, 1.54) is 12.8 Å². The number of nitrogens with two attached hydrogens (primary N) is 1. The SMILES string of the molecule is Cl.Cl.NCCCOC1CCN(C(=O)c2cc(C3CC3)nc3ccccc23)CC1. The van der Waals surface area contributed by atoms with Crippen molar-refractivity contribution >= 4 is 41.6 Å². The fourth-order valence-corrected chi connectivity index (χ4v) is 3.69. The number of fused-ring (bicyclic) bond motifs is 1. The minimum atomic E-state index is 0. The van der Waals surface area contributed by atoms with Crippen LogP contribution in [-0.2, 0) is 4.74 Å². The zero-order chi connectivity index (χ0) is 17.9. The van der Waals surface area contributed by atoms with E-state index in [2.05, 4.69) is 0 Å². The largest absolute Gasteiger partial charge is 0.378 e. The van der Waals surface area contributed by atoms with Gasteiger partial charge in [-0.05, 0) is 50.8 Å². The molecular weight excluding hydrogens is 397 g/mol. The maximum absolute atomic E-state index is 13.2. The number of halogens is 2. The molecule has 154 valence electrons. The summed E-state index contributed by atoms with van der Waals surface area (Å²) >= 11 is 0. The molecule has 2 aliphatic rings. The summed E-state index contributed by atoms with van der Waals surface area (Å²) in [7, 11) is 0. The van der Waals surface area contributed by atoms with E-state index in [0.717, 1.165) is 61.1 Å². The Morgan fingerprint density at radius 2 is 1.86 bits per heavy atom. The molecule has 1 aromatic heterocycles. The third-order valence-electron chi connectivity index (χ3n) is 5.39. The molecule has 7 heteroatoms. The number of likely N-dealkylation sites (tertiary alicyclic amines) is 1. The number of carbonyl (C=O) groups excluding carboxylic acids is 1. The van der Waals surface area contributed by atoms with E-state index in [0.29, 0.717) is 12.5 Å². The second kappa shape index (κ2) is 10.4. The number of hydrogen-bond acceptors (Lipinski definition) is 4. The maximum Gasteiger partial charge on any atom is 0.254 e. The van der Waals surface area contributed by atoms with Gasteiger partial charge in [0.2, 0.25) is 0 Å². The normalized spacial score (nSPS) is 17.1. The highest BCUT2D eigenvalue weighted by molar-refractivity contribution is 6.06. The van der Waals surface area contributed by atoms with Crippen molar-refractivity contribution in [2.75, 3.05) is 26.2 Å². The molecule has 1 saturated carbocycles. The van der Waals surface area contributed by atoms with Crippen LogP contribution >= 0.6 is 24.8 Å². The van der Waals surface area contributed by atoms with Gasteiger partial charge in [-0.1, -0.05) is 18.2 Å². The van der Waals surface area contributed by atoms with Crippen LogP contribution in [0.4, 0.5) is 0 Å². The number of piperidine rings is 1. The van der Waals surface area contributed by atoms with Crippen LogP contribution < -0.4 is 5.73 Å². The molecule has 0 atom stereocenters. The van der Waals surface area contributed by atoms with Crippen LogP contribution in [0.1, 0.15) is 54.1 Å². The van der Waals surface area contributed by atoms with E-state index in [1.807, 2.05) is 35.2 Å². The molecule has 0 spiro atoms. The van der Waals surface area contributed by atoms with Crippen LogP contribution in [0.5, 0.6) is 0 Å². The summed E-state index contributed by atoms with van der Waals surface area (Å²) in [4.78, 5) is 20.0. The lowest BCUT2D eigenvalue weighted by Crippen LogP contribution is -2.41. The molecule has 5 nitrogen and oxygen atoms in total. The lowest BCUT2D eigenvalue weighted by Gasteiger charge is -2.32. The fraction of sp³-hybridized carbons (Fsp3) is 0.524. The maximum atomic E-state index is 13.2. The van der Waals surface area contributed by atoms with Crippen molar-refractivity contribution in [2.45, 2.75) is 44.1 Å². The molecule has 0 unspecified atom stereocenters. The number of benzene rings is 1. The van der Waals surface area contributed by atoms with Gasteiger partial charge in [0.15, 0.2) is 0 Å². The van der Waals surface area contributed by atoms with Crippen molar-refractivity contribution in [1.29, 1.82) is 0 Å². The third-order valence-corrected chi connectivity index (χ3v) is 5.39. The van der Waals surface area contributed by atoms with Crippen LogP contribution in [0.2, 0.25) is 0 Å². The van der Waals surface area contributed by atoms with E-state index < -0.39 is 0 Å². The van der Waals surface area contributed by atoms with Gasteiger partial charge in [-0.3, -0.25) is 9.78 Å².